The highest BCUT2D eigenvalue weighted by Gasteiger charge is 2.30. The lowest BCUT2D eigenvalue weighted by Gasteiger charge is -2.16. The number of allylic oxidation sites excluding steroid dienone is 4. The molecule has 1 rings (SSSR count). The molecule has 0 N–H and O–H groups in total. The zero-order valence-electron chi connectivity index (χ0n) is 15.3. The molecule has 0 bridgehead atoms. The first-order valence-corrected chi connectivity index (χ1v) is 8.86. The topological polar surface area (TPSA) is 71.1 Å². The minimum atomic E-state index is -0.297. The van der Waals surface area contributed by atoms with Gasteiger partial charge >= 0.3 is 5.97 Å². The van der Waals surface area contributed by atoms with E-state index in [1.54, 1.807) is 13.2 Å². The van der Waals surface area contributed by atoms with Crippen LogP contribution in [-0.2, 0) is 28.5 Å². The average molecular weight is 354 g/mol. The third-order valence-corrected chi connectivity index (χ3v) is 3.88. The number of ketones is 1. The van der Waals surface area contributed by atoms with Crippen molar-refractivity contribution in [2.24, 2.45) is 11.8 Å². The highest BCUT2D eigenvalue weighted by Crippen LogP contribution is 2.29. The number of methoxy groups -OCH3 is 1. The minimum Gasteiger partial charge on any atom is -0.463 e. The molecule has 0 fully saturated rings. The molecule has 0 aromatic rings. The van der Waals surface area contributed by atoms with E-state index in [0.29, 0.717) is 39.5 Å². The van der Waals surface area contributed by atoms with Crippen LogP contribution in [0, 0.1) is 11.8 Å². The molecule has 25 heavy (non-hydrogen) atoms. The maximum absolute atomic E-state index is 11.9. The first-order chi connectivity index (χ1) is 12.2. The van der Waals surface area contributed by atoms with Crippen LogP contribution >= 0.6 is 0 Å². The molecule has 0 unspecified atom stereocenters. The van der Waals surface area contributed by atoms with Crippen molar-refractivity contribution in [2.75, 3.05) is 46.8 Å². The van der Waals surface area contributed by atoms with Gasteiger partial charge in [-0.2, -0.15) is 0 Å². The number of hydrogen-bond donors (Lipinski definition) is 0. The van der Waals surface area contributed by atoms with Crippen LogP contribution in [-0.4, -0.2) is 58.5 Å². The molecule has 0 heterocycles. The summed E-state index contributed by atoms with van der Waals surface area (Å²) < 4.78 is 20.6. The number of ether oxygens (including phenoxy) is 4. The highest BCUT2D eigenvalue weighted by atomic mass is 16.6. The van der Waals surface area contributed by atoms with E-state index in [-0.39, 0.29) is 36.6 Å². The summed E-state index contributed by atoms with van der Waals surface area (Å²) in [4.78, 5) is 23.8. The summed E-state index contributed by atoms with van der Waals surface area (Å²) in [6.45, 7) is 4.63. The van der Waals surface area contributed by atoms with E-state index < -0.39 is 0 Å². The van der Waals surface area contributed by atoms with Gasteiger partial charge in [0.05, 0.1) is 39.5 Å². The molecule has 0 amide bonds. The molecule has 0 radical (unpaired) electrons. The Morgan fingerprint density at radius 3 is 2.44 bits per heavy atom. The summed E-state index contributed by atoms with van der Waals surface area (Å²) in [7, 11) is 1.62. The van der Waals surface area contributed by atoms with Crippen LogP contribution in [0.4, 0.5) is 0 Å². The number of rotatable bonds is 14. The molecule has 0 saturated carbocycles. The molecule has 1 aliphatic carbocycles. The first kappa shape index (κ1) is 21.5. The molecule has 0 saturated heterocycles. The molecule has 0 aromatic carbocycles. The Balaban J connectivity index is 2.11. The first-order valence-electron chi connectivity index (χ1n) is 8.86. The Bertz CT molecular complexity index is 443. The van der Waals surface area contributed by atoms with Gasteiger partial charge in [0, 0.05) is 13.0 Å². The lowest BCUT2D eigenvalue weighted by Crippen LogP contribution is -2.20. The Kier molecular flexibility index (Phi) is 11.9. The number of esters is 1. The summed E-state index contributed by atoms with van der Waals surface area (Å²) in [6.07, 6.45) is 9.29. The van der Waals surface area contributed by atoms with Crippen molar-refractivity contribution < 1.29 is 28.5 Å². The zero-order valence-corrected chi connectivity index (χ0v) is 15.3. The summed E-state index contributed by atoms with van der Waals surface area (Å²) in [5.74, 6) is -0.420. The number of carbonyl (C=O) groups excluding carboxylic acids is 2. The van der Waals surface area contributed by atoms with Gasteiger partial charge < -0.3 is 18.9 Å². The zero-order chi connectivity index (χ0) is 18.3. The molecule has 142 valence electrons. The van der Waals surface area contributed by atoms with E-state index in [4.69, 9.17) is 18.9 Å². The van der Waals surface area contributed by atoms with E-state index in [9.17, 15) is 9.59 Å². The molecule has 2 atom stereocenters. The molecule has 0 spiro atoms. The molecule has 6 nitrogen and oxygen atoms in total. The Hall–Kier alpha value is -1.50. The van der Waals surface area contributed by atoms with Crippen LogP contribution in [0.1, 0.15) is 26.2 Å². The van der Waals surface area contributed by atoms with Crippen molar-refractivity contribution in [1.82, 2.24) is 0 Å². The molecule has 1 aliphatic rings. The summed E-state index contributed by atoms with van der Waals surface area (Å²) in [5.41, 5.74) is 0. The van der Waals surface area contributed by atoms with Gasteiger partial charge in [-0.25, -0.2) is 0 Å². The van der Waals surface area contributed by atoms with Gasteiger partial charge in [0.15, 0.2) is 5.78 Å². The largest absolute Gasteiger partial charge is 0.463 e. The monoisotopic (exact) mass is 354 g/mol. The van der Waals surface area contributed by atoms with Gasteiger partial charge in [0.25, 0.3) is 0 Å². The van der Waals surface area contributed by atoms with Crippen LogP contribution in [0.15, 0.2) is 24.3 Å². The predicted molar refractivity (Wildman–Crippen MR) is 94.3 cm³/mol. The second-order valence-corrected chi connectivity index (χ2v) is 5.79. The summed E-state index contributed by atoms with van der Waals surface area (Å²) in [5, 5.41) is 0. The van der Waals surface area contributed by atoms with Crippen LogP contribution in [0.2, 0.25) is 0 Å². The van der Waals surface area contributed by atoms with Crippen molar-refractivity contribution >= 4 is 11.8 Å². The Morgan fingerprint density at radius 1 is 1.08 bits per heavy atom. The van der Waals surface area contributed by atoms with Crippen molar-refractivity contribution in [2.45, 2.75) is 26.2 Å². The van der Waals surface area contributed by atoms with E-state index in [1.165, 1.54) is 0 Å². The van der Waals surface area contributed by atoms with Gasteiger partial charge in [0.1, 0.15) is 6.61 Å². The molecular formula is C19H30O6. The molecule has 0 aliphatic heterocycles. The number of hydrogen-bond acceptors (Lipinski definition) is 6. The fourth-order valence-corrected chi connectivity index (χ4v) is 2.53. The summed E-state index contributed by atoms with van der Waals surface area (Å²) >= 11 is 0. The van der Waals surface area contributed by atoms with Crippen molar-refractivity contribution in [3.05, 3.63) is 24.3 Å². The molecule has 0 aromatic heterocycles. The van der Waals surface area contributed by atoms with Crippen molar-refractivity contribution in [3.63, 3.8) is 0 Å². The van der Waals surface area contributed by atoms with E-state index in [1.807, 2.05) is 25.2 Å². The van der Waals surface area contributed by atoms with Crippen LogP contribution < -0.4 is 0 Å². The predicted octanol–water partition coefficient (Wildman–Crippen LogP) is 2.33. The van der Waals surface area contributed by atoms with E-state index in [2.05, 4.69) is 0 Å². The van der Waals surface area contributed by atoms with Crippen molar-refractivity contribution in [1.29, 1.82) is 0 Å². The molecular weight excluding hydrogens is 324 g/mol. The van der Waals surface area contributed by atoms with Crippen LogP contribution in [0.3, 0.4) is 0 Å². The van der Waals surface area contributed by atoms with Gasteiger partial charge in [-0.05, 0) is 24.8 Å². The lowest BCUT2D eigenvalue weighted by atomic mass is 9.89. The van der Waals surface area contributed by atoms with Crippen LogP contribution in [0.5, 0.6) is 0 Å². The maximum atomic E-state index is 11.9. The normalized spacial score (nSPS) is 19.8. The SMILES string of the molecule is CC/C=C\C[C@H]1C(=O)C=C[C@H]1CC(=O)OCCOCCOCCOC. The standard InChI is InChI=1S/C19H30O6/c1-3-4-5-6-17-16(7-8-18(17)20)15-19(21)25-14-13-24-12-11-23-10-9-22-2/h4-5,7-8,16-17H,3,6,9-15H2,1-2H3/b5-4-/t16-,17+/m0/s1. The van der Waals surface area contributed by atoms with E-state index >= 15 is 0 Å². The Morgan fingerprint density at radius 2 is 1.76 bits per heavy atom. The third-order valence-electron chi connectivity index (χ3n) is 3.88. The van der Waals surface area contributed by atoms with Crippen molar-refractivity contribution in [3.8, 4) is 0 Å². The smallest absolute Gasteiger partial charge is 0.306 e. The summed E-state index contributed by atoms with van der Waals surface area (Å²) in [6, 6.07) is 0. The van der Waals surface area contributed by atoms with Crippen LogP contribution in [0.25, 0.3) is 0 Å². The van der Waals surface area contributed by atoms with Gasteiger partial charge in [-0.1, -0.05) is 25.2 Å². The second kappa shape index (κ2) is 13.8. The Labute approximate surface area is 150 Å². The van der Waals surface area contributed by atoms with Gasteiger partial charge in [-0.3, -0.25) is 9.59 Å². The minimum absolute atomic E-state index is 0.0726. The van der Waals surface area contributed by atoms with Gasteiger partial charge in [-0.15, -0.1) is 0 Å². The van der Waals surface area contributed by atoms with E-state index in [0.717, 1.165) is 6.42 Å². The fourth-order valence-electron chi connectivity index (χ4n) is 2.53. The van der Waals surface area contributed by atoms with Gasteiger partial charge in [0.2, 0.25) is 0 Å². The lowest BCUT2D eigenvalue weighted by molar-refractivity contribution is -0.146. The highest BCUT2D eigenvalue weighted by molar-refractivity contribution is 5.95. The third kappa shape index (κ3) is 9.53. The average Bonchev–Trinajstić information content (AvgIpc) is 2.94. The maximum Gasteiger partial charge on any atom is 0.306 e. The molecule has 6 heteroatoms. The number of carbonyl (C=O) groups is 2. The fraction of sp³-hybridized carbons (Fsp3) is 0.684. The quantitative estimate of drug-likeness (QED) is 0.271. The second-order valence-electron chi connectivity index (χ2n) is 5.79.